The number of amides is 3. The van der Waals surface area contributed by atoms with E-state index >= 15 is 0 Å². The topological polar surface area (TPSA) is 168 Å². The molecule has 0 spiro atoms. The van der Waals surface area contributed by atoms with E-state index < -0.39 is 36.0 Å². The molecule has 0 aromatic heterocycles. The summed E-state index contributed by atoms with van der Waals surface area (Å²) < 4.78 is 0. The van der Waals surface area contributed by atoms with Crippen molar-refractivity contribution in [2.75, 3.05) is 6.54 Å². The van der Waals surface area contributed by atoms with Crippen LogP contribution in [0.4, 0.5) is 0 Å². The smallest absolute Gasteiger partial charge is 0.247 e. The highest BCUT2D eigenvalue weighted by Crippen LogP contribution is 2.36. The number of β-amino-alcohol motifs (C(OH)–C–C–N with tert-alkyl or cyclic N) is 1. The van der Waals surface area contributed by atoms with E-state index in [2.05, 4.69) is 5.32 Å². The van der Waals surface area contributed by atoms with E-state index in [9.17, 15) is 19.5 Å². The van der Waals surface area contributed by atoms with Crippen LogP contribution < -0.4 is 22.6 Å². The maximum atomic E-state index is 13.9. The molecule has 43 heavy (non-hydrogen) atoms. The van der Waals surface area contributed by atoms with Crippen molar-refractivity contribution in [2.24, 2.45) is 29.1 Å². The van der Waals surface area contributed by atoms with Crippen LogP contribution in [0, 0.1) is 11.8 Å². The molecule has 8 N–H and O–H groups in total. The molecular formula is C33H46N6O4. The molecule has 1 aliphatic heterocycles. The Kier molecular flexibility index (Phi) is 10.8. The molecule has 10 heteroatoms. The van der Waals surface area contributed by atoms with Crippen molar-refractivity contribution in [3.05, 3.63) is 72.1 Å². The number of nitrogens with two attached hydrogens (primary N) is 3. The fourth-order valence-corrected chi connectivity index (χ4v) is 5.77. The molecule has 1 heterocycles. The summed E-state index contributed by atoms with van der Waals surface area (Å²) in [6.45, 7) is 4.01. The lowest BCUT2D eigenvalue weighted by molar-refractivity contribution is -0.145. The zero-order valence-electron chi connectivity index (χ0n) is 25.2. The Balaban J connectivity index is 0.00000207. The molecule has 10 nitrogen and oxygen atoms in total. The van der Waals surface area contributed by atoms with Gasteiger partial charge in [-0.25, -0.2) is 5.84 Å². The number of carbonyl (C=O) groups excluding carboxylic acids is 3. The van der Waals surface area contributed by atoms with Gasteiger partial charge in [-0.1, -0.05) is 74.9 Å². The van der Waals surface area contributed by atoms with E-state index in [1.54, 1.807) is 6.20 Å². The van der Waals surface area contributed by atoms with E-state index in [1.165, 1.54) is 9.91 Å². The maximum absolute atomic E-state index is 13.9. The van der Waals surface area contributed by atoms with Crippen LogP contribution in [0.25, 0.3) is 11.1 Å². The van der Waals surface area contributed by atoms with Gasteiger partial charge in [0, 0.05) is 37.2 Å². The van der Waals surface area contributed by atoms with Gasteiger partial charge in [0.1, 0.15) is 18.1 Å². The molecule has 3 amide bonds. The van der Waals surface area contributed by atoms with Crippen LogP contribution in [0.1, 0.15) is 57.9 Å². The lowest BCUT2D eigenvalue weighted by atomic mass is 9.79. The number of aliphatic hydroxyl groups excluding tert-OH is 1. The zero-order valence-corrected chi connectivity index (χ0v) is 25.2. The van der Waals surface area contributed by atoms with E-state index in [-0.39, 0.29) is 31.2 Å². The summed E-state index contributed by atoms with van der Waals surface area (Å²) in [4.78, 5) is 41.1. The van der Waals surface area contributed by atoms with Crippen molar-refractivity contribution in [3.8, 4) is 11.1 Å². The van der Waals surface area contributed by atoms with Gasteiger partial charge in [0.15, 0.2) is 0 Å². The van der Waals surface area contributed by atoms with E-state index in [0.717, 1.165) is 48.8 Å². The first-order valence-electron chi connectivity index (χ1n) is 15.4. The highest BCUT2D eigenvalue weighted by atomic mass is 16.3. The predicted molar refractivity (Wildman–Crippen MR) is 166 cm³/mol. The van der Waals surface area contributed by atoms with Crippen LogP contribution in [0.5, 0.6) is 0 Å². The summed E-state index contributed by atoms with van der Waals surface area (Å²) in [5.74, 6) is 5.19. The lowest BCUT2D eigenvalue weighted by Gasteiger charge is -2.40. The molecule has 4 unspecified atom stereocenters. The number of nitrogens with zero attached hydrogens (tertiary/aromatic N) is 2. The number of aliphatic hydroxyl groups is 1. The first kappa shape index (κ1) is 32.0. The van der Waals surface area contributed by atoms with Crippen LogP contribution in [0.2, 0.25) is 0 Å². The van der Waals surface area contributed by atoms with Crippen molar-refractivity contribution in [1.82, 2.24) is 15.2 Å². The second kappa shape index (κ2) is 14.5. The fourth-order valence-electron chi connectivity index (χ4n) is 5.77. The van der Waals surface area contributed by atoms with Gasteiger partial charge in [0.2, 0.25) is 17.7 Å². The fraction of sp³-hybridized carbons (Fsp3) is 0.485. The maximum Gasteiger partial charge on any atom is 0.247 e. The summed E-state index contributed by atoms with van der Waals surface area (Å²) in [6.07, 6.45) is 5.77. The molecule has 1 saturated heterocycles. The predicted octanol–water partition coefficient (Wildman–Crippen LogP) is 2.41. The minimum atomic E-state index is -0.977. The average molecular weight is 591 g/mol. The average Bonchev–Trinajstić information content (AvgIpc) is 3.77. The Morgan fingerprint density at radius 3 is 2.19 bits per heavy atom. The number of hydrogen-bond acceptors (Lipinski definition) is 7. The van der Waals surface area contributed by atoms with Gasteiger partial charge in [-0.05, 0) is 48.3 Å². The van der Waals surface area contributed by atoms with E-state index in [0.29, 0.717) is 11.6 Å². The van der Waals surface area contributed by atoms with Crippen LogP contribution >= 0.6 is 0 Å². The molecular weight excluding hydrogens is 544 g/mol. The Labute approximate surface area is 254 Å². The molecule has 3 fully saturated rings. The van der Waals surface area contributed by atoms with Crippen molar-refractivity contribution < 1.29 is 19.5 Å². The van der Waals surface area contributed by atoms with Crippen molar-refractivity contribution in [3.63, 3.8) is 0 Å². The lowest BCUT2D eigenvalue weighted by Crippen LogP contribution is -2.59. The molecule has 3 aliphatic rings. The second-order valence-corrected chi connectivity index (χ2v) is 11.6. The van der Waals surface area contributed by atoms with Gasteiger partial charge in [-0.2, -0.15) is 0 Å². The number of rotatable bonds is 11. The minimum Gasteiger partial charge on any atom is -0.401 e. The first-order chi connectivity index (χ1) is 20.7. The summed E-state index contributed by atoms with van der Waals surface area (Å²) in [6, 6.07) is 15.0. The summed E-state index contributed by atoms with van der Waals surface area (Å²) in [5, 5.41) is 14.6. The molecule has 5 rings (SSSR count). The van der Waals surface area contributed by atoms with Crippen LogP contribution in [-0.4, -0.2) is 63.5 Å². The third-order valence-corrected chi connectivity index (χ3v) is 8.54. The van der Waals surface area contributed by atoms with Crippen LogP contribution in [0.3, 0.4) is 0 Å². The second-order valence-electron chi connectivity index (χ2n) is 11.6. The van der Waals surface area contributed by atoms with Crippen molar-refractivity contribution >= 4 is 17.7 Å². The number of hydrogen-bond donors (Lipinski definition) is 5. The standard InChI is InChI=1S/C31H40N6O4.C2H6/c32-25(22-13-14-22)18-37(34)28(23-7-4-8-23)31(41)36-17-24(38)16-27(36)30(40)35-26(29(33)39)15-19-9-11-21(12-10-19)20-5-2-1-3-6-20;1-2/h1-3,5-6,9-12,18,22-24,26-28,38H,4,7-8,13-17,32,34H2,(H2,33,39)(H,35,40);1-2H3/b25-18-;. The van der Waals surface area contributed by atoms with Gasteiger partial charge >= 0.3 is 0 Å². The number of carbonyl (C=O) groups is 3. The van der Waals surface area contributed by atoms with E-state index in [1.807, 2.05) is 68.4 Å². The third kappa shape index (κ3) is 7.94. The Bertz CT molecular complexity index is 1280. The molecule has 2 aromatic rings. The third-order valence-electron chi connectivity index (χ3n) is 8.54. The van der Waals surface area contributed by atoms with E-state index in [4.69, 9.17) is 17.3 Å². The molecule has 2 saturated carbocycles. The molecule has 0 radical (unpaired) electrons. The number of benzene rings is 2. The number of primary amides is 1. The van der Waals surface area contributed by atoms with Crippen molar-refractivity contribution in [2.45, 2.75) is 83.0 Å². The quantitative estimate of drug-likeness (QED) is 0.198. The van der Waals surface area contributed by atoms with Gasteiger partial charge in [0.05, 0.1) is 6.10 Å². The van der Waals surface area contributed by atoms with Crippen LogP contribution in [0.15, 0.2) is 66.5 Å². The number of nitrogens with one attached hydrogen (secondary N) is 1. The Morgan fingerprint density at radius 1 is 1.00 bits per heavy atom. The molecule has 4 atom stereocenters. The summed E-state index contributed by atoms with van der Waals surface area (Å²) in [7, 11) is 0. The molecule has 0 bridgehead atoms. The highest BCUT2D eigenvalue weighted by molar-refractivity contribution is 5.93. The molecule has 232 valence electrons. The molecule has 2 aromatic carbocycles. The summed E-state index contributed by atoms with van der Waals surface area (Å²) >= 11 is 0. The molecule has 2 aliphatic carbocycles. The first-order valence-corrected chi connectivity index (χ1v) is 15.4. The number of hydrazine groups is 1. The normalized spacial score (nSPS) is 21.6. The Morgan fingerprint density at radius 2 is 1.63 bits per heavy atom. The van der Waals surface area contributed by atoms with Gasteiger partial charge in [0.25, 0.3) is 0 Å². The monoisotopic (exact) mass is 590 g/mol. The minimum absolute atomic E-state index is 0.0119. The van der Waals surface area contributed by atoms with Crippen molar-refractivity contribution in [1.29, 1.82) is 0 Å². The SMILES string of the molecule is CC.NC(=O)C(Cc1ccc(-c2ccccc2)cc1)NC(=O)C1CC(O)CN1C(=O)C(C1CCC1)N(N)/C=C(\N)C1CC1. The zero-order chi connectivity index (χ0) is 31.1. The number of allylic oxidation sites excluding steroid dienone is 1. The van der Waals surface area contributed by atoms with Crippen LogP contribution in [-0.2, 0) is 20.8 Å². The Hall–Kier alpha value is -3.89. The largest absolute Gasteiger partial charge is 0.401 e. The van der Waals surface area contributed by atoms with Gasteiger partial charge in [-0.15, -0.1) is 0 Å². The van der Waals surface area contributed by atoms with Gasteiger partial charge < -0.3 is 31.8 Å². The summed E-state index contributed by atoms with van der Waals surface area (Å²) in [5.41, 5.74) is 15.5. The van der Waals surface area contributed by atoms with Gasteiger partial charge in [-0.3, -0.25) is 14.4 Å². The number of likely N-dealkylation sites (tertiary alicyclic amines) is 1. The highest BCUT2D eigenvalue weighted by Gasteiger charge is 2.46.